The Balaban J connectivity index is 0. The number of nitrogens with zero attached hydrogens (tertiary/aromatic N) is 4. The maximum atomic E-state index is 4.73. The summed E-state index contributed by atoms with van der Waals surface area (Å²) in [7, 11) is 0. The van der Waals surface area contributed by atoms with Gasteiger partial charge in [-0.15, -0.1) is 0 Å². The maximum Gasteiger partial charge on any atom is 0.0894 e. The summed E-state index contributed by atoms with van der Waals surface area (Å²) in [4.78, 5) is 17.8. The van der Waals surface area contributed by atoms with E-state index in [1.165, 1.54) is 0 Å². The van der Waals surface area contributed by atoms with E-state index in [2.05, 4.69) is 23.3 Å². The highest BCUT2D eigenvalue weighted by molar-refractivity contribution is 6.11. The van der Waals surface area contributed by atoms with Crippen molar-refractivity contribution in [3.63, 3.8) is 0 Å². The lowest BCUT2D eigenvalue weighted by atomic mass is 10.2. The molecule has 4 heteroatoms. The first-order valence-corrected chi connectivity index (χ1v) is 12.0. The maximum absolute atomic E-state index is 4.73. The number of hydrogen-bond donors (Lipinski definition) is 0. The lowest BCUT2D eigenvalue weighted by molar-refractivity contribution is 1.21. The fourth-order valence-electron chi connectivity index (χ4n) is 2.44. The molecule has 1 aliphatic heterocycles. The number of hydrogen-bond acceptors (Lipinski definition) is 4. The summed E-state index contributed by atoms with van der Waals surface area (Å²) in [5.74, 6) is 0. The summed E-state index contributed by atoms with van der Waals surface area (Å²) in [6.45, 7) is 23.3. The molecule has 33 heavy (non-hydrogen) atoms. The van der Waals surface area contributed by atoms with Crippen molar-refractivity contribution in [2.24, 2.45) is 9.98 Å². The minimum Gasteiger partial charge on any atom is -0.262 e. The molecule has 3 heterocycles. The van der Waals surface area contributed by atoms with Crippen LogP contribution in [0, 0.1) is 0 Å². The molecule has 0 bridgehead atoms. The van der Waals surface area contributed by atoms with Crippen molar-refractivity contribution >= 4 is 18.1 Å². The third-order valence-corrected chi connectivity index (χ3v) is 3.61. The average Bonchev–Trinajstić information content (AvgIpc) is 3.19. The molecular weight excluding hydrogens is 404 g/mol. The van der Waals surface area contributed by atoms with Crippen LogP contribution in [0.15, 0.2) is 95.2 Å². The Hall–Kier alpha value is -3.40. The van der Waals surface area contributed by atoms with Gasteiger partial charge in [-0.1, -0.05) is 92.3 Å². The van der Waals surface area contributed by atoms with Crippen molar-refractivity contribution in [3.8, 4) is 11.4 Å². The summed E-state index contributed by atoms with van der Waals surface area (Å²) in [6.07, 6.45) is 12.0. The fourth-order valence-corrected chi connectivity index (χ4v) is 2.44. The van der Waals surface area contributed by atoms with Crippen molar-refractivity contribution in [2.45, 2.75) is 61.8 Å². The van der Waals surface area contributed by atoms with Gasteiger partial charge in [0.2, 0.25) is 0 Å². The summed E-state index contributed by atoms with van der Waals surface area (Å²) in [6, 6.07) is 11.6. The zero-order chi connectivity index (χ0) is 25.5. The molecule has 0 radical (unpaired) electrons. The molecule has 0 N–H and O–H groups in total. The van der Waals surface area contributed by atoms with E-state index in [0.717, 1.165) is 34.9 Å². The Morgan fingerprint density at radius 2 is 1.52 bits per heavy atom. The SMILES string of the molecule is C=C/C=C(\N=C)C1=NC(c2cccc(-c3ccccn3)n2)=CCC=C1.CC.CC.CC.CC. The van der Waals surface area contributed by atoms with Crippen LogP contribution in [-0.2, 0) is 0 Å². The number of allylic oxidation sites excluding steroid dienone is 5. The highest BCUT2D eigenvalue weighted by Gasteiger charge is 2.10. The van der Waals surface area contributed by atoms with Gasteiger partial charge in [-0.05, 0) is 49.6 Å². The van der Waals surface area contributed by atoms with Crippen LogP contribution in [0.5, 0.6) is 0 Å². The van der Waals surface area contributed by atoms with Gasteiger partial charge < -0.3 is 0 Å². The van der Waals surface area contributed by atoms with Crippen LogP contribution >= 0.6 is 0 Å². The van der Waals surface area contributed by atoms with E-state index in [4.69, 9.17) is 9.98 Å². The van der Waals surface area contributed by atoms with Gasteiger partial charge in [0.1, 0.15) is 0 Å². The molecule has 3 rings (SSSR count). The zero-order valence-electron chi connectivity index (χ0n) is 21.8. The summed E-state index contributed by atoms with van der Waals surface area (Å²) in [5.41, 5.74) is 4.67. The first kappa shape index (κ1) is 31.8. The van der Waals surface area contributed by atoms with Crippen LogP contribution in [-0.4, -0.2) is 22.4 Å². The zero-order valence-corrected chi connectivity index (χ0v) is 21.8. The van der Waals surface area contributed by atoms with Crippen LogP contribution in [0.1, 0.15) is 67.5 Å². The minimum absolute atomic E-state index is 0.680. The third-order valence-electron chi connectivity index (χ3n) is 3.61. The van der Waals surface area contributed by atoms with Gasteiger partial charge in [0.15, 0.2) is 0 Å². The van der Waals surface area contributed by atoms with Gasteiger partial charge in [0.25, 0.3) is 0 Å². The van der Waals surface area contributed by atoms with Crippen molar-refractivity contribution in [1.82, 2.24) is 9.97 Å². The standard InChI is InChI=1S/C21H18N4.4C2H6/c1-3-9-16(22-2)18-11-4-5-12-20(24-18)21-14-8-13-19(25-21)17-10-6-7-15-23-17;4*1-2/h3-4,6-15H,1-2,5H2;4*1-2H3/b16-9-;;;;. The second kappa shape index (κ2) is 21.8. The highest BCUT2D eigenvalue weighted by atomic mass is 14.9. The molecule has 0 atom stereocenters. The minimum atomic E-state index is 0.680. The van der Waals surface area contributed by atoms with E-state index in [0.29, 0.717) is 5.70 Å². The molecule has 0 amide bonds. The normalized spacial score (nSPS) is 11.6. The van der Waals surface area contributed by atoms with Gasteiger partial charge in [0, 0.05) is 6.20 Å². The smallest absolute Gasteiger partial charge is 0.0894 e. The lowest BCUT2D eigenvalue weighted by Crippen LogP contribution is -1.98. The monoisotopic (exact) mass is 446 g/mol. The van der Waals surface area contributed by atoms with Crippen LogP contribution in [0.2, 0.25) is 0 Å². The molecule has 2 aromatic rings. The van der Waals surface area contributed by atoms with Crippen molar-refractivity contribution < 1.29 is 0 Å². The third kappa shape index (κ3) is 11.2. The van der Waals surface area contributed by atoms with Crippen LogP contribution in [0.4, 0.5) is 0 Å². The highest BCUT2D eigenvalue weighted by Crippen LogP contribution is 2.22. The van der Waals surface area contributed by atoms with Crippen LogP contribution in [0.3, 0.4) is 0 Å². The number of aromatic nitrogens is 2. The first-order valence-electron chi connectivity index (χ1n) is 12.0. The Bertz CT molecular complexity index is 904. The van der Waals surface area contributed by atoms with E-state index in [9.17, 15) is 0 Å². The summed E-state index contributed by atoms with van der Waals surface area (Å²) < 4.78 is 0. The molecule has 178 valence electrons. The molecule has 1 aliphatic rings. The van der Waals surface area contributed by atoms with E-state index in [1.54, 1.807) is 18.3 Å². The van der Waals surface area contributed by atoms with E-state index < -0.39 is 0 Å². The van der Waals surface area contributed by atoms with E-state index >= 15 is 0 Å². The van der Waals surface area contributed by atoms with E-state index in [1.807, 2.05) is 110 Å². The van der Waals surface area contributed by atoms with Crippen LogP contribution in [0.25, 0.3) is 17.1 Å². The van der Waals surface area contributed by atoms with Gasteiger partial charge in [-0.2, -0.15) is 0 Å². The first-order chi connectivity index (χ1) is 16.3. The Morgan fingerprint density at radius 3 is 2.09 bits per heavy atom. The number of rotatable bonds is 5. The van der Waals surface area contributed by atoms with Crippen molar-refractivity contribution in [2.75, 3.05) is 0 Å². The quantitative estimate of drug-likeness (QED) is 0.340. The molecule has 0 aliphatic carbocycles. The predicted octanol–water partition coefficient (Wildman–Crippen LogP) is 8.76. The topological polar surface area (TPSA) is 50.5 Å². The predicted molar refractivity (Wildman–Crippen MR) is 150 cm³/mol. The Morgan fingerprint density at radius 1 is 0.879 bits per heavy atom. The molecule has 2 aromatic heterocycles. The average molecular weight is 447 g/mol. The Kier molecular flexibility index (Phi) is 21.0. The fraction of sp³-hybridized carbons (Fsp3) is 0.310. The summed E-state index contributed by atoms with van der Waals surface area (Å²) >= 11 is 0. The van der Waals surface area contributed by atoms with E-state index in [-0.39, 0.29) is 0 Å². The molecular formula is C29H42N4. The largest absolute Gasteiger partial charge is 0.262 e. The molecule has 0 saturated carbocycles. The Labute approximate surface area is 202 Å². The summed E-state index contributed by atoms with van der Waals surface area (Å²) in [5, 5.41) is 0. The molecule has 0 saturated heterocycles. The number of aliphatic imine (C=N–C) groups is 2. The van der Waals surface area contributed by atoms with Crippen LogP contribution < -0.4 is 0 Å². The van der Waals surface area contributed by atoms with Crippen molar-refractivity contribution in [1.29, 1.82) is 0 Å². The lowest BCUT2D eigenvalue weighted by Gasteiger charge is -2.06. The van der Waals surface area contributed by atoms with Gasteiger partial charge in [-0.3, -0.25) is 9.98 Å². The number of pyridine rings is 2. The van der Waals surface area contributed by atoms with Gasteiger partial charge >= 0.3 is 0 Å². The molecule has 0 aromatic carbocycles. The van der Waals surface area contributed by atoms with Crippen molar-refractivity contribution in [3.05, 3.63) is 90.9 Å². The van der Waals surface area contributed by atoms with Gasteiger partial charge in [0.05, 0.1) is 34.2 Å². The van der Waals surface area contributed by atoms with Gasteiger partial charge in [-0.25, -0.2) is 9.98 Å². The second-order valence-electron chi connectivity index (χ2n) is 5.29. The second-order valence-corrected chi connectivity index (χ2v) is 5.29. The molecule has 4 nitrogen and oxygen atoms in total. The molecule has 0 spiro atoms. The molecule has 0 fully saturated rings. The molecule has 0 unspecified atom stereocenters.